The minimum absolute atomic E-state index is 0.0372. The lowest BCUT2D eigenvalue weighted by molar-refractivity contribution is 0.0951. The minimum atomic E-state index is -0.585. The number of aromatic nitrogens is 1. The number of rotatable bonds is 6. The molecule has 0 aliphatic carbocycles. The molecule has 0 aromatic carbocycles. The Balaban J connectivity index is 2.48. The van der Waals surface area contributed by atoms with Crippen LogP contribution < -0.4 is 16.8 Å². The van der Waals surface area contributed by atoms with Gasteiger partial charge in [-0.1, -0.05) is 6.07 Å². The second-order valence-electron chi connectivity index (χ2n) is 4.39. The largest absolute Gasteiger partial charge is 0.385 e. The van der Waals surface area contributed by atoms with Gasteiger partial charge in [0.2, 0.25) is 0 Å². The van der Waals surface area contributed by atoms with Crippen LogP contribution in [0.25, 0.3) is 10.6 Å². The first-order valence-electron chi connectivity index (χ1n) is 6.46. The molecule has 0 saturated heterocycles. The van der Waals surface area contributed by atoms with Crippen molar-refractivity contribution in [2.45, 2.75) is 13.0 Å². The Morgan fingerprint density at radius 1 is 1.43 bits per heavy atom. The minimum Gasteiger partial charge on any atom is -0.385 e. The molecule has 0 aliphatic rings. The van der Waals surface area contributed by atoms with E-state index in [4.69, 9.17) is 10.6 Å². The van der Waals surface area contributed by atoms with Crippen LogP contribution in [0.15, 0.2) is 34.4 Å². The van der Waals surface area contributed by atoms with Crippen molar-refractivity contribution in [3.63, 3.8) is 0 Å². The smallest absolute Gasteiger partial charge is 0.270 e. The summed E-state index contributed by atoms with van der Waals surface area (Å²) >= 11 is 1.54. The van der Waals surface area contributed by atoms with Crippen molar-refractivity contribution in [1.29, 1.82) is 0 Å². The molecule has 0 aliphatic heterocycles. The monoisotopic (exact) mass is 307 g/mol. The Morgan fingerprint density at radius 3 is 2.86 bits per heavy atom. The zero-order valence-corrected chi connectivity index (χ0v) is 12.5. The lowest BCUT2D eigenvalue weighted by Gasteiger charge is -2.13. The highest BCUT2D eigenvalue weighted by molar-refractivity contribution is 7.13. The van der Waals surface area contributed by atoms with Crippen molar-refractivity contribution in [1.82, 2.24) is 9.99 Å². The molecular formula is C14H17N3O3S. The highest BCUT2D eigenvalue weighted by atomic mass is 32.1. The fourth-order valence-corrected chi connectivity index (χ4v) is 2.82. The Morgan fingerprint density at radius 2 is 2.24 bits per heavy atom. The number of carbonyl (C=O) groups excluding carboxylic acids is 1. The van der Waals surface area contributed by atoms with Gasteiger partial charge in [-0.05, 0) is 30.0 Å². The number of amides is 1. The molecule has 0 unspecified atom stereocenters. The zero-order valence-electron chi connectivity index (χ0n) is 11.7. The maximum atomic E-state index is 12.5. The molecule has 1 amide bonds. The van der Waals surface area contributed by atoms with Crippen molar-refractivity contribution < 1.29 is 9.53 Å². The van der Waals surface area contributed by atoms with Crippen LogP contribution in [0.3, 0.4) is 0 Å². The number of methoxy groups -OCH3 is 1. The van der Waals surface area contributed by atoms with Gasteiger partial charge in [-0.2, -0.15) is 0 Å². The number of ether oxygens (including phenoxy) is 1. The third-order valence-corrected chi connectivity index (χ3v) is 3.95. The standard InChI is InChI=1S/C14H17N3O3S/c1-20-8-3-7-17-11(12-4-2-9-21-12)6-5-10(14(17)19)13(18)16-15/h2,4-6,9H,3,7-8,15H2,1H3,(H,16,18). The summed E-state index contributed by atoms with van der Waals surface area (Å²) in [5.41, 5.74) is 2.48. The summed E-state index contributed by atoms with van der Waals surface area (Å²) in [6.07, 6.45) is 0.683. The van der Waals surface area contributed by atoms with Gasteiger partial charge in [-0.25, -0.2) is 5.84 Å². The maximum absolute atomic E-state index is 12.5. The number of hydrogen-bond donors (Lipinski definition) is 2. The number of thiophene rings is 1. The highest BCUT2D eigenvalue weighted by Crippen LogP contribution is 2.24. The summed E-state index contributed by atoms with van der Waals surface area (Å²) in [5.74, 6) is 4.53. The van der Waals surface area contributed by atoms with E-state index in [1.54, 1.807) is 29.1 Å². The Bertz CT molecular complexity index is 665. The zero-order chi connectivity index (χ0) is 15.2. The molecule has 0 fully saturated rings. The summed E-state index contributed by atoms with van der Waals surface area (Å²) in [5, 5.41) is 1.94. The molecule has 2 aromatic rings. The maximum Gasteiger partial charge on any atom is 0.270 e. The van der Waals surface area contributed by atoms with Gasteiger partial charge in [0.1, 0.15) is 5.56 Å². The van der Waals surface area contributed by atoms with Crippen LogP contribution >= 0.6 is 11.3 Å². The van der Waals surface area contributed by atoms with Gasteiger partial charge >= 0.3 is 0 Å². The van der Waals surface area contributed by atoms with Gasteiger partial charge in [0.05, 0.1) is 10.6 Å². The van der Waals surface area contributed by atoms with Crippen LogP contribution in [0.2, 0.25) is 0 Å². The normalized spacial score (nSPS) is 10.6. The molecule has 2 rings (SSSR count). The molecule has 2 heterocycles. The second kappa shape index (κ2) is 7.16. The van der Waals surface area contributed by atoms with Gasteiger partial charge in [0, 0.05) is 20.3 Å². The first-order valence-corrected chi connectivity index (χ1v) is 7.34. The number of hydrazine groups is 1. The average molecular weight is 307 g/mol. The Labute approximate surface area is 126 Å². The first-order chi connectivity index (χ1) is 10.2. The Kier molecular flexibility index (Phi) is 5.26. The van der Waals surface area contributed by atoms with Crippen LogP contribution in [-0.4, -0.2) is 24.2 Å². The number of nitrogens with two attached hydrogens (primary N) is 1. The summed E-state index contributed by atoms with van der Waals surface area (Å²) in [7, 11) is 1.61. The van der Waals surface area contributed by atoms with E-state index in [1.165, 1.54) is 6.07 Å². The third-order valence-electron chi connectivity index (χ3n) is 3.05. The fraction of sp³-hybridized carbons (Fsp3) is 0.286. The quantitative estimate of drug-likeness (QED) is 0.363. The van der Waals surface area contributed by atoms with Gasteiger partial charge in [0.25, 0.3) is 11.5 Å². The van der Waals surface area contributed by atoms with E-state index in [0.717, 1.165) is 10.6 Å². The van der Waals surface area contributed by atoms with E-state index in [-0.39, 0.29) is 11.1 Å². The number of pyridine rings is 1. The van der Waals surface area contributed by atoms with E-state index < -0.39 is 5.91 Å². The first kappa shape index (κ1) is 15.4. The molecule has 21 heavy (non-hydrogen) atoms. The van der Waals surface area contributed by atoms with Crippen LogP contribution in [0, 0.1) is 0 Å². The molecule has 0 bridgehead atoms. The van der Waals surface area contributed by atoms with Crippen LogP contribution in [0.1, 0.15) is 16.8 Å². The molecule has 3 N–H and O–H groups in total. The van der Waals surface area contributed by atoms with Crippen molar-refractivity contribution >= 4 is 17.2 Å². The van der Waals surface area contributed by atoms with Crippen LogP contribution in [-0.2, 0) is 11.3 Å². The highest BCUT2D eigenvalue weighted by Gasteiger charge is 2.15. The number of hydrogen-bond acceptors (Lipinski definition) is 5. The van der Waals surface area contributed by atoms with Crippen LogP contribution in [0.5, 0.6) is 0 Å². The summed E-state index contributed by atoms with van der Waals surface area (Å²) in [6.45, 7) is 1.02. The predicted octanol–water partition coefficient (Wildman–Crippen LogP) is 1.22. The summed E-state index contributed by atoms with van der Waals surface area (Å²) < 4.78 is 6.61. The lowest BCUT2D eigenvalue weighted by atomic mass is 10.2. The van der Waals surface area contributed by atoms with Crippen molar-refractivity contribution in [2.75, 3.05) is 13.7 Å². The van der Waals surface area contributed by atoms with E-state index in [0.29, 0.717) is 19.6 Å². The van der Waals surface area contributed by atoms with Gasteiger partial charge in [-0.3, -0.25) is 15.0 Å². The van der Waals surface area contributed by atoms with Crippen molar-refractivity contribution in [3.05, 3.63) is 45.6 Å². The van der Waals surface area contributed by atoms with E-state index in [2.05, 4.69) is 0 Å². The fourth-order valence-electron chi connectivity index (χ4n) is 2.06. The molecule has 0 radical (unpaired) electrons. The SMILES string of the molecule is COCCCn1c(-c2cccs2)ccc(C(=O)NN)c1=O. The van der Waals surface area contributed by atoms with Gasteiger partial charge in [0.15, 0.2) is 0 Å². The van der Waals surface area contributed by atoms with Crippen molar-refractivity contribution in [3.8, 4) is 10.6 Å². The lowest BCUT2D eigenvalue weighted by Crippen LogP contribution is -2.37. The molecule has 0 saturated carbocycles. The summed E-state index contributed by atoms with van der Waals surface area (Å²) in [4.78, 5) is 25.1. The molecule has 0 spiro atoms. The average Bonchev–Trinajstić information content (AvgIpc) is 3.02. The molecule has 6 nitrogen and oxygen atoms in total. The molecule has 0 atom stereocenters. The molecule has 112 valence electrons. The molecule has 2 aromatic heterocycles. The van der Waals surface area contributed by atoms with Crippen LogP contribution in [0.4, 0.5) is 0 Å². The second-order valence-corrected chi connectivity index (χ2v) is 5.33. The summed E-state index contributed by atoms with van der Waals surface area (Å²) in [6, 6.07) is 7.14. The third kappa shape index (κ3) is 3.38. The van der Waals surface area contributed by atoms with Gasteiger partial charge < -0.3 is 9.30 Å². The predicted molar refractivity (Wildman–Crippen MR) is 82.2 cm³/mol. The van der Waals surface area contributed by atoms with E-state index in [9.17, 15) is 9.59 Å². The molecule has 7 heteroatoms. The number of nitrogen functional groups attached to an aromatic ring is 1. The number of nitrogens with zero attached hydrogens (tertiary/aromatic N) is 1. The number of nitrogens with one attached hydrogen (secondary N) is 1. The van der Waals surface area contributed by atoms with E-state index in [1.807, 2.05) is 22.9 Å². The Hall–Kier alpha value is -1.96. The van der Waals surface area contributed by atoms with Crippen molar-refractivity contribution in [2.24, 2.45) is 5.84 Å². The van der Waals surface area contributed by atoms with E-state index >= 15 is 0 Å². The molecular weight excluding hydrogens is 290 g/mol. The number of carbonyl (C=O) groups is 1. The van der Waals surface area contributed by atoms with Gasteiger partial charge in [-0.15, -0.1) is 11.3 Å². The topological polar surface area (TPSA) is 86.3 Å².